The number of hydrogen-bond donors (Lipinski definition) is 2. The number of thiocarbonyl (C=S) groups is 1. The lowest BCUT2D eigenvalue weighted by Crippen LogP contribution is -2.49. The average Bonchev–Trinajstić information content (AvgIpc) is 2.87. The third kappa shape index (κ3) is 5.07. The fourth-order valence-electron chi connectivity index (χ4n) is 2.56. The second kappa shape index (κ2) is 7.80. The summed E-state index contributed by atoms with van der Waals surface area (Å²) in [5.74, 6) is 0.264. The maximum atomic E-state index is 12.2. The number of rotatable bonds is 7. The highest BCUT2D eigenvalue weighted by Crippen LogP contribution is 2.18. The van der Waals surface area contributed by atoms with Crippen LogP contribution in [0.5, 0.6) is 0 Å². The molecule has 1 rings (SSSR count). The summed E-state index contributed by atoms with van der Waals surface area (Å²) < 4.78 is 0. The van der Waals surface area contributed by atoms with Crippen LogP contribution in [0.2, 0.25) is 0 Å². The molecule has 1 saturated carbocycles. The molecule has 0 aromatic carbocycles. The minimum atomic E-state index is -0.123. The third-order valence-corrected chi connectivity index (χ3v) is 4.43. The van der Waals surface area contributed by atoms with Crippen molar-refractivity contribution in [1.29, 1.82) is 0 Å². The Morgan fingerprint density at radius 3 is 2.47 bits per heavy atom. The topological polar surface area (TPSA) is 58.4 Å². The van der Waals surface area contributed by atoms with Crippen molar-refractivity contribution in [2.24, 2.45) is 11.7 Å². The van der Waals surface area contributed by atoms with Crippen LogP contribution in [0.3, 0.4) is 0 Å². The van der Waals surface area contributed by atoms with Gasteiger partial charge in [0.25, 0.3) is 0 Å². The Morgan fingerprint density at radius 1 is 1.42 bits per heavy atom. The van der Waals surface area contributed by atoms with Gasteiger partial charge in [-0.3, -0.25) is 9.69 Å². The van der Waals surface area contributed by atoms with Crippen LogP contribution in [0, 0.1) is 5.92 Å². The highest BCUT2D eigenvalue weighted by molar-refractivity contribution is 7.80. The van der Waals surface area contributed by atoms with Crippen LogP contribution in [0.25, 0.3) is 0 Å². The largest absolute Gasteiger partial charge is 0.393 e. The number of nitrogens with two attached hydrogens (primary N) is 1. The molecule has 0 aliphatic heterocycles. The fraction of sp³-hybridized carbons (Fsp3) is 0.857. The number of amides is 1. The van der Waals surface area contributed by atoms with E-state index in [0.717, 1.165) is 25.9 Å². The molecule has 0 heterocycles. The van der Waals surface area contributed by atoms with Gasteiger partial charge < -0.3 is 11.1 Å². The van der Waals surface area contributed by atoms with E-state index in [1.807, 2.05) is 13.8 Å². The van der Waals surface area contributed by atoms with Gasteiger partial charge in [-0.25, -0.2) is 0 Å². The first-order valence-electron chi connectivity index (χ1n) is 7.29. The second-order valence-electron chi connectivity index (χ2n) is 5.56. The molecule has 1 aliphatic carbocycles. The quantitative estimate of drug-likeness (QED) is 0.699. The van der Waals surface area contributed by atoms with Crippen molar-refractivity contribution in [2.45, 2.75) is 58.5 Å². The molecule has 110 valence electrons. The molecule has 0 aromatic rings. The summed E-state index contributed by atoms with van der Waals surface area (Å²) in [6.45, 7) is 7.59. The van der Waals surface area contributed by atoms with Crippen molar-refractivity contribution >= 4 is 23.1 Å². The molecule has 2 unspecified atom stereocenters. The van der Waals surface area contributed by atoms with Crippen molar-refractivity contribution in [3.05, 3.63) is 0 Å². The zero-order chi connectivity index (χ0) is 14.4. The number of carbonyl (C=O) groups excluding carboxylic acids is 1. The lowest BCUT2D eigenvalue weighted by atomic mass is 10.1. The maximum absolute atomic E-state index is 12.2. The van der Waals surface area contributed by atoms with Crippen LogP contribution in [-0.4, -0.2) is 41.0 Å². The van der Waals surface area contributed by atoms with Gasteiger partial charge in [0.15, 0.2) is 0 Å². The first kappa shape index (κ1) is 16.4. The van der Waals surface area contributed by atoms with Gasteiger partial charge in [-0.05, 0) is 26.3 Å². The van der Waals surface area contributed by atoms with Gasteiger partial charge in [0.05, 0.1) is 11.0 Å². The first-order chi connectivity index (χ1) is 8.95. The summed E-state index contributed by atoms with van der Waals surface area (Å²) >= 11 is 5.00. The van der Waals surface area contributed by atoms with E-state index in [4.69, 9.17) is 18.0 Å². The Bertz CT molecular complexity index is 316. The molecule has 0 bridgehead atoms. The second-order valence-corrected chi connectivity index (χ2v) is 6.03. The van der Waals surface area contributed by atoms with Crippen LogP contribution in [0.1, 0.15) is 46.5 Å². The Balaban J connectivity index is 2.48. The molecule has 3 N–H and O–H groups in total. The number of hydrogen-bond acceptors (Lipinski definition) is 3. The summed E-state index contributed by atoms with van der Waals surface area (Å²) in [6, 6.07) is 0.254. The van der Waals surface area contributed by atoms with Gasteiger partial charge in [-0.2, -0.15) is 0 Å². The van der Waals surface area contributed by atoms with Crippen LogP contribution in [0.15, 0.2) is 0 Å². The molecular weight excluding hydrogens is 258 g/mol. The van der Waals surface area contributed by atoms with Gasteiger partial charge >= 0.3 is 0 Å². The number of carbonyl (C=O) groups is 1. The minimum Gasteiger partial charge on any atom is -0.393 e. The Kier molecular flexibility index (Phi) is 6.72. The highest BCUT2D eigenvalue weighted by Gasteiger charge is 2.25. The molecule has 5 heteroatoms. The zero-order valence-corrected chi connectivity index (χ0v) is 13.1. The number of nitrogens with one attached hydrogen (secondary N) is 1. The van der Waals surface area contributed by atoms with Crippen LogP contribution >= 0.6 is 12.2 Å². The number of likely N-dealkylation sites (N-methyl/N-ethyl adjacent to an activating group) is 1. The molecule has 1 amide bonds. The van der Waals surface area contributed by atoms with Crippen LogP contribution < -0.4 is 11.1 Å². The van der Waals surface area contributed by atoms with Gasteiger partial charge in [0.2, 0.25) is 5.91 Å². The zero-order valence-electron chi connectivity index (χ0n) is 12.3. The van der Waals surface area contributed by atoms with Gasteiger partial charge in [0, 0.05) is 18.5 Å². The summed E-state index contributed by atoms with van der Waals surface area (Å²) in [6.07, 6.45) is 4.70. The molecule has 0 spiro atoms. The molecule has 0 aromatic heterocycles. The monoisotopic (exact) mass is 285 g/mol. The van der Waals surface area contributed by atoms with Gasteiger partial charge in [-0.15, -0.1) is 0 Å². The summed E-state index contributed by atoms with van der Waals surface area (Å²) in [5.41, 5.74) is 5.65. The van der Waals surface area contributed by atoms with E-state index < -0.39 is 0 Å². The molecule has 2 atom stereocenters. The van der Waals surface area contributed by atoms with E-state index in [2.05, 4.69) is 17.1 Å². The maximum Gasteiger partial charge on any atom is 0.237 e. The lowest BCUT2D eigenvalue weighted by molar-refractivity contribution is -0.126. The van der Waals surface area contributed by atoms with Gasteiger partial charge in [0.1, 0.15) is 0 Å². The van der Waals surface area contributed by atoms with E-state index in [1.54, 1.807) is 0 Å². The van der Waals surface area contributed by atoms with Crippen molar-refractivity contribution in [2.75, 3.05) is 13.1 Å². The number of nitrogens with zero attached hydrogens (tertiary/aromatic N) is 1. The van der Waals surface area contributed by atoms with E-state index in [1.165, 1.54) is 12.8 Å². The molecule has 1 aliphatic rings. The van der Waals surface area contributed by atoms with Crippen LogP contribution in [0.4, 0.5) is 0 Å². The van der Waals surface area contributed by atoms with Crippen molar-refractivity contribution in [1.82, 2.24) is 10.2 Å². The molecule has 19 heavy (non-hydrogen) atoms. The SMILES string of the molecule is CCN(CC(C)C(N)=S)C(C)C(=O)NC1CCCC1. The van der Waals surface area contributed by atoms with E-state index >= 15 is 0 Å². The summed E-state index contributed by atoms with van der Waals surface area (Å²) in [7, 11) is 0. The normalized spacial score (nSPS) is 19.4. The average molecular weight is 285 g/mol. The highest BCUT2D eigenvalue weighted by atomic mass is 32.1. The van der Waals surface area contributed by atoms with Crippen LogP contribution in [-0.2, 0) is 4.79 Å². The third-order valence-electron chi connectivity index (χ3n) is 4.03. The standard InChI is InChI=1S/C14H27N3OS/c1-4-17(9-10(2)13(15)19)11(3)14(18)16-12-7-5-6-8-12/h10-12H,4-9H2,1-3H3,(H2,15,19)(H,16,18). The Labute approximate surface area is 122 Å². The Morgan fingerprint density at radius 2 is 2.00 bits per heavy atom. The molecule has 4 nitrogen and oxygen atoms in total. The van der Waals surface area contributed by atoms with Crippen molar-refractivity contribution in [3.63, 3.8) is 0 Å². The van der Waals surface area contributed by atoms with Crippen molar-refractivity contribution in [3.8, 4) is 0 Å². The minimum absolute atomic E-state index is 0.123. The van der Waals surface area contributed by atoms with E-state index in [9.17, 15) is 4.79 Å². The Hall–Kier alpha value is -0.680. The van der Waals surface area contributed by atoms with Gasteiger partial charge in [-0.1, -0.05) is 38.9 Å². The predicted octanol–water partition coefficient (Wildman–Crippen LogP) is 1.68. The van der Waals surface area contributed by atoms with E-state index in [-0.39, 0.29) is 17.9 Å². The first-order valence-corrected chi connectivity index (χ1v) is 7.70. The summed E-state index contributed by atoms with van der Waals surface area (Å²) in [5, 5.41) is 3.15. The molecular formula is C14H27N3OS. The summed E-state index contributed by atoms with van der Waals surface area (Å²) in [4.78, 5) is 14.9. The fourth-order valence-corrected chi connectivity index (χ4v) is 2.64. The lowest BCUT2D eigenvalue weighted by Gasteiger charge is -2.30. The predicted molar refractivity (Wildman–Crippen MR) is 83.1 cm³/mol. The smallest absolute Gasteiger partial charge is 0.237 e. The van der Waals surface area contributed by atoms with E-state index in [0.29, 0.717) is 11.0 Å². The molecule has 0 radical (unpaired) electrons. The molecule has 0 saturated heterocycles. The molecule has 1 fully saturated rings. The van der Waals surface area contributed by atoms with Crippen molar-refractivity contribution < 1.29 is 4.79 Å².